The molecule has 0 atom stereocenters. The maximum atomic E-state index is 12.0. The number of carboxylic acids is 1. The highest BCUT2D eigenvalue weighted by atomic mass is 19.4. The van der Waals surface area contributed by atoms with Crippen LogP contribution in [0.3, 0.4) is 0 Å². The molecule has 0 aliphatic rings. The van der Waals surface area contributed by atoms with Crippen molar-refractivity contribution in [2.45, 2.75) is 25.4 Å². The zero-order chi connectivity index (χ0) is 14.3. The standard InChI is InChI=1S/C13H16F3NO2/c14-13(15,16)8-4-5-9-17(10-12(18)19)11-6-2-1-3-7-11/h1-3,6-7H,4-5,8-10H2,(H,18,19). The lowest BCUT2D eigenvalue weighted by molar-refractivity contribution is -0.137. The molecule has 0 saturated carbocycles. The van der Waals surface area contributed by atoms with Crippen molar-refractivity contribution < 1.29 is 23.1 Å². The SMILES string of the molecule is O=C(O)CN(CCCCC(F)(F)F)c1ccccc1. The average molecular weight is 275 g/mol. The van der Waals surface area contributed by atoms with Gasteiger partial charge in [0.05, 0.1) is 0 Å². The second-order valence-electron chi connectivity index (χ2n) is 4.22. The van der Waals surface area contributed by atoms with Gasteiger partial charge < -0.3 is 10.0 Å². The largest absolute Gasteiger partial charge is 0.480 e. The smallest absolute Gasteiger partial charge is 0.389 e. The Morgan fingerprint density at radius 1 is 1.16 bits per heavy atom. The number of nitrogens with zero attached hydrogens (tertiary/aromatic N) is 1. The third kappa shape index (κ3) is 6.69. The molecule has 1 N–H and O–H groups in total. The van der Waals surface area contributed by atoms with E-state index in [4.69, 9.17) is 5.11 Å². The van der Waals surface area contributed by atoms with Gasteiger partial charge in [0, 0.05) is 18.7 Å². The number of aliphatic carboxylic acids is 1. The van der Waals surface area contributed by atoms with E-state index >= 15 is 0 Å². The summed E-state index contributed by atoms with van der Waals surface area (Å²) < 4.78 is 36.0. The Morgan fingerprint density at radius 2 is 1.79 bits per heavy atom. The van der Waals surface area contributed by atoms with Crippen LogP contribution in [0, 0.1) is 0 Å². The second kappa shape index (κ2) is 7.01. The molecule has 0 heterocycles. The Balaban J connectivity index is 2.50. The highest BCUT2D eigenvalue weighted by Crippen LogP contribution is 2.22. The lowest BCUT2D eigenvalue weighted by Crippen LogP contribution is -2.30. The average Bonchev–Trinajstić information content (AvgIpc) is 2.32. The summed E-state index contributed by atoms with van der Waals surface area (Å²) in [5.41, 5.74) is 0.705. The maximum Gasteiger partial charge on any atom is 0.389 e. The monoisotopic (exact) mass is 275 g/mol. The molecule has 0 radical (unpaired) electrons. The van der Waals surface area contributed by atoms with E-state index in [1.54, 1.807) is 35.2 Å². The Morgan fingerprint density at radius 3 is 2.32 bits per heavy atom. The molecule has 0 bridgehead atoms. The van der Waals surface area contributed by atoms with Crippen LogP contribution in [0.2, 0.25) is 0 Å². The minimum absolute atomic E-state index is 0.00640. The highest BCUT2D eigenvalue weighted by Gasteiger charge is 2.26. The molecule has 0 aromatic heterocycles. The number of carboxylic acid groups (broad SMARTS) is 1. The van der Waals surface area contributed by atoms with Crippen LogP contribution in [0.15, 0.2) is 30.3 Å². The predicted octanol–water partition coefficient (Wildman–Crippen LogP) is 3.31. The van der Waals surface area contributed by atoms with Gasteiger partial charge in [0.2, 0.25) is 0 Å². The van der Waals surface area contributed by atoms with Crippen LogP contribution in [0.4, 0.5) is 18.9 Å². The molecule has 106 valence electrons. The van der Waals surface area contributed by atoms with Crippen molar-refractivity contribution >= 4 is 11.7 Å². The zero-order valence-corrected chi connectivity index (χ0v) is 10.4. The minimum atomic E-state index is -4.15. The molecule has 0 spiro atoms. The molecule has 0 aliphatic carbocycles. The van der Waals surface area contributed by atoms with Crippen molar-refractivity contribution in [3.05, 3.63) is 30.3 Å². The van der Waals surface area contributed by atoms with E-state index in [0.29, 0.717) is 18.7 Å². The number of anilines is 1. The van der Waals surface area contributed by atoms with Crippen molar-refractivity contribution in [2.24, 2.45) is 0 Å². The Hall–Kier alpha value is -1.72. The lowest BCUT2D eigenvalue weighted by atomic mass is 10.2. The molecule has 19 heavy (non-hydrogen) atoms. The van der Waals surface area contributed by atoms with Crippen LogP contribution in [0.1, 0.15) is 19.3 Å². The number of unbranched alkanes of at least 4 members (excludes halogenated alkanes) is 1. The summed E-state index contributed by atoms with van der Waals surface area (Å²) in [6.45, 7) is 0.0857. The van der Waals surface area contributed by atoms with Gasteiger partial charge in [-0.15, -0.1) is 0 Å². The van der Waals surface area contributed by atoms with Crippen LogP contribution in [0.5, 0.6) is 0 Å². The van der Waals surface area contributed by atoms with E-state index in [0.717, 1.165) is 0 Å². The molecule has 0 aliphatic heterocycles. The quantitative estimate of drug-likeness (QED) is 0.776. The fourth-order valence-corrected chi connectivity index (χ4v) is 1.73. The van der Waals surface area contributed by atoms with Gasteiger partial charge in [0.15, 0.2) is 0 Å². The molecule has 0 unspecified atom stereocenters. The first-order valence-corrected chi connectivity index (χ1v) is 5.97. The molecule has 3 nitrogen and oxygen atoms in total. The van der Waals surface area contributed by atoms with Gasteiger partial charge in [-0.2, -0.15) is 13.2 Å². The van der Waals surface area contributed by atoms with E-state index in [1.807, 2.05) is 0 Å². The van der Waals surface area contributed by atoms with Crippen molar-refractivity contribution in [3.63, 3.8) is 0 Å². The zero-order valence-electron chi connectivity index (χ0n) is 10.4. The molecule has 0 saturated heterocycles. The molecule has 1 aromatic carbocycles. The Kier molecular flexibility index (Phi) is 5.66. The maximum absolute atomic E-state index is 12.0. The van der Waals surface area contributed by atoms with Crippen molar-refractivity contribution in [1.29, 1.82) is 0 Å². The van der Waals surface area contributed by atoms with Crippen LogP contribution in [0.25, 0.3) is 0 Å². The second-order valence-corrected chi connectivity index (χ2v) is 4.22. The summed E-state index contributed by atoms with van der Waals surface area (Å²) in [5, 5.41) is 8.81. The Bertz CT molecular complexity index is 393. The first-order chi connectivity index (χ1) is 8.88. The number of hydrogen-bond donors (Lipinski definition) is 1. The minimum Gasteiger partial charge on any atom is -0.480 e. The van der Waals surface area contributed by atoms with E-state index in [-0.39, 0.29) is 13.0 Å². The third-order valence-corrected chi connectivity index (χ3v) is 2.59. The molecule has 6 heteroatoms. The van der Waals surface area contributed by atoms with Gasteiger partial charge in [0.1, 0.15) is 6.54 Å². The van der Waals surface area contributed by atoms with Gasteiger partial charge in [-0.3, -0.25) is 4.79 Å². The first-order valence-electron chi connectivity index (χ1n) is 5.97. The normalized spacial score (nSPS) is 11.3. The summed E-state index contributed by atoms with van der Waals surface area (Å²) in [6, 6.07) is 8.81. The van der Waals surface area contributed by atoms with Crippen molar-refractivity contribution in [2.75, 3.05) is 18.0 Å². The fraction of sp³-hybridized carbons (Fsp3) is 0.462. The number of para-hydroxylation sites is 1. The van der Waals surface area contributed by atoms with Gasteiger partial charge in [0.25, 0.3) is 0 Å². The number of benzene rings is 1. The van der Waals surface area contributed by atoms with E-state index in [2.05, 4.69) is 0 Å². The highest BCUT2D eigenvalue weighted by molar-refractivity contribution is 5.73. The topological polar surface area (TPSA) is 40.5 Å². The van der Waals surface area contributed by atoms with E-state index in [9.17, 15) is 18.0 Å². The molecular weight excluding hydrogens is 259 g/mol. The number of rotatable bonds is 7. The summed E-state index contributed by atoms with van der Waals surface area (Å²) >= 11 is 0. The molecule has 0 amide bonds. The van der Waals surface area contributed by atoms with Crippen molar-refractivity contribution in [3.8, 4) is 0 Å². The summed E-state index contributed by atoms with van der Waals surface area (Å²) in [5.74, 6) is -1.00. The molecule has 1 aromatic rings. The fourth-order valence-electron chi connectivity index (χ4n) is 1.73. The van der Waals surface area contributed by atoms with Crippen molar-refractivity contribution in [1.82, 2.24) is 0 Å². The number of carbonyl (C=O) groups is 1. The van der Waals surface area contributed by atoms with Crippen LogP contribution >= 0.6 is 0 Å². The first kappa shape index (κ1) is 15.3. The predicted molar refractivity (Wildman–Crippen MR) is 66.2 cm³/mol. The molecular formula is C13H16F3NO2. The van der Waals surface area contributed by atoms with Gasteiger partial charge in [-0.05, 0) is 25.0 Å². The summed E-state index contributed by atoms with van der Waals surface area (Å²) in [7, 11) is 0. The van der Waals surface area contributed by atoms with Gasteiger partial charge >= 0.3 is 12.1 Å². The van der Waals surface area contributed by atoms with E-state index in [1.165, 1.54) is 0 Å². The van der Waals surface area contributed by atoms with E-state index < -0.39 is 18.6 Å². The molecule has 1 rings (SSSR count). The number of alkyl halides is 3. The Labute approximate surface area is 109 Å². The molecule has 0 fully saturated rings. The van der Waals surface area contributed by atoms with Gasteiger partial charge in [-0.25, -0.2) is 0 Å². The lowest BCUT2D eigenvalue weighted by Gasteiger charge is -2.22. The summed E-state index contributed by atoms with van der Waals surface area (Å²) in [6.07, 6.45) is -4.67. The van der Waals surface area contributed by atoms with Crippen LogP contribution < -0.4 is 4.90 Å². The van der Waals surface area contributed by atoms with Crippen LogP contribution in [-0.2, 0) is 4.79 Å². The number of hydrogen-bond acceptors (Lipinski definition) is 2. The van der Waals surface area contributed by atoms with Crippen LogP contribution in [-0.4, -0.2) is 30.3 Å². The van der Waals surface area contributed by atoms with Gasteiger partial charge in [-0.1, -0.05) is 18.2 Å². The number of halogens is 3. The summed E-state index contributed by atoms with van der Waals surface area (Å²) in [4.78, 5) is 12.3. The third-order valence-electron chi connectivity index (χ3n) is 2.59.